The maximum Gasteiger partial charge on any atom is 0.162 e. The highest BCUT2D eigenvalue weighted by Gasteiger charge is 2.40. The first-order valence-corrected chi connectivity index (χ1v) is 17.2. The molecule has 6 aromatic carbocycles. The van der Waals surface area contributed by atoms with Gasteiger partial charge in [-0.05, 0) is 52.1 Å². The van der Waals surface area contributed by atoms with Gasteiger partial charge in [-0.3, -0.25) is 0 Å². The first-order chi connectivity index (χ1) is 23.9. The lowest BCUT2D eigenvalue weighted by Gasteiger charge is -2.24. The van der Waals surface area contributed by atoms with Gasteiger partial charge in [-0.2, -0.15) is 0 Å². The van der Waals surface area contributed by atoms with E-state index in [1.807, 2.05) is 0 Å². The zero-order valence-electron chi connectivity index (χ0n) is 28.1. The average Bonchev–Trinajstić information content (AvgIpc) is 3.69. The molecule has 0 radical (unpaired) electrons. The van der Waals surface area contributed by atoms with Crippen LogP contribution in [-0.4, -0.2) is 14.5 Å². The van der Waals surface area contributed by atoms with Gasteiger partial charge in [-0.15, -0.1) is 0 Å². The molecule has 2 aliphatic carbocycles. The fourth-order valence-electron chi connectivity index (χ4n) is 8.91. The Morgan fingerprint density at radius 2 is 1.08 bits per heavy atom. The molecule has 3 heteroatoms. The van der Waals surface area contributed by atoms with Crippen LogP contribution < -0.4 is 0 Å². The first kappa shape index (κ1) is 28.2. The Hall–Kier alpha value is -5.80. The second kappa shape index (κ2) is 9.87. The second-order valence-electron chi connectivity index (χ2n) is 14.6. The predicted molar refractivity (Wildman–Crippen MR) is 202 cm³/mol. The third kappa shape index (κ3) is 3.73. The van der Waals surface area contributed by atoms with Gasteiger partial charge in [0.15, 0.2) is 5.82 Å². The molecule has 49 heavy (non-hydrogen) atoms. The Kier molecular flexibility index (Phi) is 5.69. The minimum atomic E-state index is -0.230. The lowest BCUT2D eigenvalue weighted by molar-refractivity contribution is 0.658. The van der Waals surface area contributed by atoms with Crippen LogP contribution in [0, 0.1) is 0 Å². The Morgan fingerprint density at radius 1 is 0.469 bits per heavy atom. The van der Waals surface area contributed by atoms with Crippen LogP contribution in [0.4, 0.5) is 0 Å². The molecule has 10 rings (SSSR count). The number of aromatic nitrogens is 3. The van der Waals surface area contributed by atoms with Crippen LogP contribution in [0.2, 0.25) is 0 Å². The van der Waals surface area contributed by atoms with Crippen molar-refractivity contribution >= 4 is 21.8 Å². The van der Waals surface area contributed by atoms with Crippen molar-refractivity contribution in [3.8, 4) is 50.7 Å². The van der Waals surface area contributed by atoms with Gasteiger partial charge in [0.25, 0.3) is 0 Å². The molecule has 0 spiro atoms. The van der Waals surface area contributed by atoms with E-state index in [-0.39, 0.29) is 10.8 Å². The summed E-state index contributed by atoms with van der Waals surface area (Å²) < 4.78 is 2.44. The minimum absolute atomic E-state index is 0.0720. The van der Waals surface area contributed by atoms with Crippen molar-refractivity contribution in [1.82, 2.24) is 14.5 Å². The summed E-state index contributed by atoms with van der Waals surface area (Å²) in [5.74, 6) is 0.735. The molecule has 2 heterocycles. The Balaban J connectivity index is 1.29. The third-order valence-electron chi connectivity index (χ3n) is 11.2. The van der Waals surface area contributed by atoms with E-state index in [1.54, 1.807) is 0 Å². The molecule has 0 saturated carbocycles. The fourth-order valence-corrected chi connectivity index (χ4v) is 8.91. The van der Waals surface area contributed by atoms with Crippen molar-refractivity contribution in [2.45, 2.75) is 38.5 Å². The predicted octanol–water partition coefficient (Wildman–Crippen LogP) is 11.5. The standard InChI is InChI=1S/C46H35N3/c1-45(2)33-22-12-8-18-29(33)39-35(45)26-27-38-40(39)31-20-10-14-24-36(31)49(38)37-25-15-11-21-32(37)44-47-42(28-16-6-5-7-17-28)41-43(48-44)30-19-9-13-23-34(30)46(41,3)4/h5-27H,1-4H3. The molecule has 2 aromatic heterocycles. The molecule has 0 saturated heterocycles. The normalized spacial score (nSPS) is 14.9. The molecule has 3 nitrogen and oxygen atoms in total. The lowest BCUT2D eigenvalue weighted by Crippen LogP contribution is -2.17. The van der Waals surface area contributed by atoms with Gasteiger partial charge in [-0.25, -0.2) is 9.97 Å². The van der Waals surface area contributed by atoms with Gasteiger partial charge in [0.1, 0.15) is 0 Å². The van der Waals surface area contributed by atoms with Crippen LogP contribution in [0.25, 0.3) is 72.5 Å². The van der Waals surface area contributed by atoms with Gasteiger partial charge in [0.2, 0.25) is 0 Å². The van der Waals surface area contributed by atoms with Gasteiger partial charge in [0.05, 0.1) is 28.1 Å². The first-order valence-electron chi connectivity index (χ1n) is 17.2. The number of para-hydroxylation sites is 2. The molecule has 0 aliphatic heterocycles. The Labute approximate surface area is 286 Å². The minimum Gasteiger partial charge on any atom is -0.308 e. The SMILES string of the molecule is CC1(C)c2ccccc2-c2c1ccc1c2c2ccccc2n1-c1ccccc1-c1nc(-c2ccccc2)c2c(n1)-c1ccccc1C2(C)C. The average molecular weight is 630 g/mol. The molecule has 0 unspecified atom stereocenters. The maximum absolute atomic E-state index is 5.48. The van der Waals surface area contributed by atoms with Crippen LogP contribution in [0.3, 0.4) is 0 Å². The molecule has 0 amide bonds. The zero-order chi connectivity index (χ0) is 33.1. The van der Waals surface area contributed by atoms with E-state index in [9.17, 15) is 0 Å². The molecule has 0 bridgehead atoms. The number of hydrogen-bond acceptors (Lipinski definition) is 2. The molecule has 0 N–H and O–H groups in total. The molecule has 2 aliphatic rings. The Morgan fingerprint density at radius 3 is 1.88 bits per heavy atom. The molecule has 0 atom stereocenters. The largest absolute Gasteiger partial charge is 0.308 e. The van der Waals surface area contributed by atoms with Gasteiger partial charge >= 0.3 is 0 Å². The molecular formula is C46H35N3. The van der Waals surface area contributed by atoms with E-state index in [1.165, 1.54) is 60.8 Å². The summed E-state index contributed by atoms with van der Waals surface area (Å²) >= 11 is 0. The van der Waals surface area contributed by atoms with Crippen molar-refractivity contribution in [3.05, 3.63) is 162 Å². The summed E-state index contributed by atoms with van der Waals surface area (Å²) in [7, 11) is 0. The molecular weight excluding hydrogens is 595 g/mol. The van der Waals surface area contributed by atoms with E-state index in [0.29, 0.717) is 0 Å². The van der Waals surface area contributed by atoms with Crippen molar-refractivity contribution in [2.75, 3.05) is 0 Å². The molecule has 234 valence electrons. The quantitative estimate of drug-likeness (QED) is 0.195. The van der Waals surface area contributed by atoms with E-state index in [2.05, 4.69) is 172 Å². The van der Waals surface area contributed by atoms with Crippen LogP contribution in [0.1, 0.15) is 49.9 Å². The highest BCUT2D eigenvalue weighted by molar-refractivity contribution is 6.18. The van der Waals surface area contributed by atoms with Crippen LogP contribution in [0.15, 0.2) is 140 Å². The summed E-state index contributed by atoms with van der Waals surface area (Å²) in [6.45, 7) is 9.31. The van der Waals surface area contributed by atoms with Crippen molar-refractivity contribution in [3.63, 3.8) is 0 Å². The van der Waals surface area contributed by atoms with Crippen molar-refractivity contribution in [1.29, 1.82) is 0 Å². The van der Waals surface area contributed by atoms with Crippen molar-refractivity contribution < 1.29 is 0 Å². The topological polar surface area (TPSA) is 30.7 Å². The lowest BCUT2D eigenvalue weighted by atomic mass is 9.81. The zero-order valence-corrected chi connectivity index (χ0v) is 28.1. The van der Waals surface area contributed by atoms with Crippen LogP contribution in [-0.2, 0) is 10.8 Å². The highest BCUT2D eigenvalue weighted by atomic mass is 15.0. The van der Waals surface area contributed by atoms with Gasteiger partial charge in [0, 0.05) is 43.9 Å². The number of benzene rings is 6. The number of nitrogens with zero attached hydrogens (tertiary/aromatic N) is 3. The van der Waals surface area contributed by atoms with E-state index in [0.717, 1.165) is 34.0 Å². The summed E-state index contributed by atoms with van der Waals surface area (Å²) in [5, 5.41) is 2.56. The number of fused-ring (bicyclic) bond motifs is 10. The monoisotopic (exact) mass is 629 g/mol. The number of rotatable bonds is 3. The Bertz CT molecular complexity index is 2660. The van der Waals surface area contributed by atoms with E-state index < -0.39 is 0 Å². The van der Waals surface area contributed by atoms with E-state index >= 15 is 0 Å². The summed E-state index contributed by atoms with van der Waals surface area (Å²) in [6, 6.07) is 50.5. The molecule has 8 aromatic rings. The van der Waals surface area contributed by atoms with E-state index in [4.69, 9.17) is 9.97 Å². The van der Waals surface area contributed by atoms with Crippen molar-refractivity contribution in [2.24, 2.45) is 0 Å². The summed E-state index contributed by atoms with van der Waals surface area (Å²) in [6.07, 6.45) is 0. The second-order valence-corrected chi connectivity index (χ2v) is 14.6. The third-order valence-corrected chi connectivity index (χ3v) is 11.2. The summed E-state index contributed by atoms with van der Waals surface area (Å²) in [5.41, 5.74) is 16.4. The smallest absolute Gasteiger partial charge is 0.162 e. The van der Waals surface area contributed by atoms with Gasteiger partial charge in [-0.1, -0.05) is 143 Å². The van der Waals surface area contributed by atoms with Crippen LogP contribution >= 0.6 is 0 Å². The highest BCUT2D eigenvalue weighted by Crippen LogP contribution is 2.54. The fraction of sp³-hybridized carbons (Fsp3) is 0.130. The number of hydrogen-bond donors (Lipinski definition) is 0. The van der Waals surface area contributed by atoms with Crippen LogP contribution in [0.5, 0.6) is 0 Å². The molecule has 0 fully saturated rings. The summed E-state index contributed by atoms with van der Waals surface area (Å²) in [4.78, 5) is 10.9. The van der Waals surface area contributed by atoms with Gasteiger partial charge < -0.3 is 4.57 Å². The maximum atomic E-state index is 5.48.